The standard InChI is InChI=1S/C2H6O2.HNO3.6H2O/c3-1-2-4;2-1(3)4;;;;;;/h3-4H,1-2H2;(H,2,3,4);6*1H2. The summed E-state index contributed by atoms with van der Waals surface area (Å²) in [5.41, 5.74) is 0. The highest BCUT2D eigenvalue weighted by Crippen LogP contribution is 1.39. The van der Waals surface area contributed by atoms with Gasteiger partial charge in [-0.25, -0.2) is 0 Å². The highest BCUT2D eigenvalue weighted by Gasteiger charge is 1.65. The van der Waals surface area contributed by atoms with Crippen LogP contribution in [0.25, 0.3) is 0 Å². The molecule has 15 N–H and O–H groups in total. The number of aliphatic hydroxyl groups is 2. The van der Waals surface area contributed by atoms with Crippen molar-refractivity contribution in [3.63, 3.8) is 0 Å². The van der Waals surface area contributed by atoms with Crippen molar-refractivity contribution < 1.29 is 53.4 Å². The number of hydrogen-bond donors (Lipinski definition) is 3. The van der Waals surface area contributed by atoms with Crippen LogP contribution in [0.3, 0.4) is 0 Å². The van der Waals surface area contributed by atoms with Gasteiger partial charge >= 0.3 is 0 Å². The molecule has 0 saturated heterocycles. The van der Waals surface area contributed by atoms with Crippen molar-refractivity contribution in [2.24, 2.45) is 0 Å². The van der Waals surface area contributed by atoms with E-state index in [4.69, 9.17) is 25.5 Å². The predicted molar refractivity (Wildman–Crippen MR) is 44.6 cm³/mol. The zero-order valence-electron chi connectivity index (χ0n) is 7.02. The van der Waals surface area contributed by atoms with Crippen LogP contribution >= 0.6 is 0 Å². The van der Waals surface area contributed by atoms with Crippen LogP contribution in [0.1, 0.15) is 0 Å². The highest BCUT2D eigenvalue weighted by atomic mass is 16.9. The van der Waals surface area contributed by atoms with Crippen LogP contribution in [0.4, 0.5) is 0 Å². The van der Waals surface area contributed by atoms with Crippen molar-refractivity contribution in [2.45, 2.75) is 0 Å². The Hall–Kier alpha value is -1.12. The Bertz CT molecular complexity index is 51.2. The van der Waals surface area contributed by atoms with Crippen LogP contribution in [0, 0.1) is 10.1 Å². The van der Waals surface area contributed by atoms with Gasteiger partial charge in [-0.05, 0) is 0 Å². The molecule has 0 aliphatic carbocycles. The first-order valence-corrected chi connectivity index (χ1v) is 1.70. The summed E-state index contributed by atoms with van der Waals surface area (Å²) in [5, 5.41) is 28.9. The smallest absolute Gasteiger partial charge is 0.291 e. The zero-order chi connectivity index (χ0) is 6.99. The van der Waals surface area contributed by atoms with Crippen LogP contribution in [-0.2, 0) is 0 Å². The van der Waals surface area contributed by atoms with Gasteiger partial charge in [0.15, 0.2) is 0 Å². The number of nitrogens with zero attached hydrogens (tertiary/aromatic N) is 1. The van der Waals surface area contributed by atoms with Gasteiger partial charge in [-0.3, -0.25) is 0 Å². The molecule has 0 fully saturated rings. The maximum atomic E-state index is 8.36. The second kappa shape index (κ2) is 93.4. The van der Waals surface area contributed by atoms with E-state index in [1.807, 2.05) is 0 Å². The molecule has 0 saturated carbocycles. The third kappa shape index (κ3) is 73800. The molecule has 0 aliphatic rings. The van der Waals surface area contributed by atoms with E-state index < -0.39 is 5.09 Å². The molecule has 14 heavy (non-hydrogen) atoms. The van der Waals surface area contributed by atoms with Crippen LogP contribution in [0.5, 0.6) is 0 Å². The van der Waals surface area contributed by atoms with Crippen molar-refractivity contribution in [3.8, 4) is 0 Å². The Morgan fingerprint density at radius 3 is 0.929 bits per heavy atom. The Morgan fingerprint density at radius 1 is 0.857 bits per heavy atom. The summed E-state index contributed by atoms with van der Waals surface area (Å²) < 4.78 is 0. The van der Waals surface area contributed by atoms with E-state index in [0.717, 1.165) is 0 Å². The third-order valence-corrected chi connectivity index (χ3v) is 0.1000. The number of aliphatic hydroxyl groups excluding tert-OH is 2. The minimum absolute atomic E-state index is 0. The fraction of sp³-hybridized carbons (Fsp3) is 1.00. The Labute approximate surface area is 78.0 Å². The lowest BCUT2D eigenvalue weighted by Crippen LogP contribution is -1.85. The number of hydrogen-bond acceptors (Lipinski definition) is 4. The average molecular weight is 233 g/mol. The normalized spacial score (nSPS) is 3.86. The lowest BCUT2D eigenvalue weighted by Gasteiger charge is -1.70. The van der Waals surface area contributed by atoms with Crippen molar-refractivity contribution >= 4 is 0 Å². The molecule has 0 unspecified atom stereocenters. The van der Waals surface area contributed by atoms with Gasteiger partial charge in [0.25, 0.3) is 5.09 Å². The Kier molecular flexibility index (Phi) is 509. The molecule has 98 valence electrons. The SMILES string of the molecule is O.O.O.O.O.O.O=[N+]([O-])O.OCCO. The molecule has 0 spiro atoms. The van der Waals surface area contributed by atoms with Gasteiger partial charge < -0.3 is 48.3 Å². The number of rotatable bonds is 1. The molecule has 0 aromatic heterocycles. The molecule has 12 heteroatoms. The summed E-state index contributed by atoms with van der Waals surface area (Å²) in [4.78, 5) is 8.36. The second-order valence-electron chi connectivity index (χ2n) is 0.685. The maximum absolute atomic E-state index is 8.36. The molecule has 0 heterocycles. The van der Waals surface area contributed by atoms with Gasteiger partial charge in [0.1, 0.15) is 0 Å². The third-order valence-electron chi connectivity index (χ3n) is 0.1000. The molecule has 0 atom stereocenters. The molecule has 0 bridgehead atoms. The van der Waals surface area contributed by atoms with Gasteiger partial charge in [0, 0.05) is 0 Å². The fourth-order valence-electron chi connectivity index (χ4n) is 0. The fourth-order valence-corrected chi connectivity index (χ4v) is 0. The summed E-state index contributed by atoms with van der Waals surface area (Å²) in [6.07, 6.45) is 0. The molecule has 0 rings (SSSR count). The molecule has 0 aromatic carbocycles. The highest BCUT2D eigenvalue weighted by molar-refractivity contribution is 4.06. The summed E-state index contributed by atoms with van der Waals surface area (Å²) >= 11 is 0. The molecule has 0 radical (unpaired) electrons. The average Bonchev–Trinajstić information content (AvgIpc) is 1.65. The topological polar surface area (TPSA) is 293 Å². The quantitative estimate of drug-likeness (QED) is 0.292. The van der Waals surface area contributed by atoms with Crippen molar-refractivity contribution in [2.75, 3.05) is 13.2 Å². The van der Waals surface area contributed by atoms with Crippen LogP contribution in [-0.4, -0.2) is 66.6 Å². The summed E-state index contributed by atoms with van der Waals surface area (Å²) in [6.45, 7) is -0.250. The van der Waals surface area contributed by atoms with Gasteiger partial charge in [0.05, 0.1) is 13.2 Å². The second-order valence-corrected chi connectivity index (χ2v) is 0.685. The van der Waals surface area contributed by atoms with E-state index in [1.54, 1.807) is 0 Å². The minimum Gasteiger partial charge on any atom is -0.412 e. The van der Waals surface area contributed by atoms with Crippen molar-refractivity contribution in [1.29, 1.82) is 0 Å². The largest absolute Gasteiger partial charge is 0.412 e. The summed E-state index contributed by atoms with van der Waals surface area (Å²) in [5.74, 6) is 0. The molecular weight excluding hydrogens is 214 g/mol. The Balaban J connectivity index is -0.00000000600. The first kappa shape index (κ1) is 76.3. The first-order valence-electron chi connectivity index (χ1n) is 1.70. The lowest BCUT2D eigenvalue weighted by atomic mass is 10.8. The zero-order valence-corrected chi connectivity index (χ0v) is 7.02. The van der Waals surface area contributed by atoms with Crippen molar-refractivity contribution in [3.05, 3.63) is 10.1 Å². The first-order chi connectivity index (χ1) is 3.65. The molecule has 0 amide bonds. The molecule has 0 aliphatic heterocycles. The van der Waals surface area contributed by atoms with E-state index >= 15 is 0 Å². The summed E-state index contributed by atoms with van der Waals surface area (Å²) in [7, 11) is 0. The van der Waals surface area contributed by atoms with Crippen LogP contribution in [0.15, 0.2) is 0 Å². The van der Waals surface area contributed by atoms with Gasteiger partial charge in [-0.2, -0.15) is 0 Å². The molecule has 12 nitrogen and oxygen atoms in total. The van der Waals surface area contributed by atoms with E-state index in [1.165, 1.54) is 0 Å². The molecular formula is C2H19NO11. The van der Waals surface area contributed by atoms with Crippen LogP contribution in [0.2, 0.25) is 0 Å². The lowest BCUT2D eigenvalue weighted by molar-refractivity contribution is -0.742. The van der Waals surface area contributed by atoms with Gasteiger partial charge in [0.2, 0.25) is 0 Å². The van der Waals surface area contributed by atoms with Gasteiger partial charge in [-0.15, -0.1) is 10.1 Å². The van der Waals surface area contributed by atoms with E-state index in [9.17, 15) is 0 Å². The predicted octanol–water partition coefficient (Wildman–Crippen LogP) is -6.32. The molecule has 0 aromatic rings. The van der Waals surface area contributed by atoms with Crippen molar-refractivity contribution in [1.82, 2.24) is 0 Å². The van der Waals surface area contributed by atoms with E-state index in [-0.39, 0.29) is 46.1 Å². The van der Waals surface area contributed by atoms with E-state index in [2.05, 4.69) is 0 Å². The van der Waals surface area contributed by atoms with E-state index in [0.29, 0.717) is 0 Å². The minimum atomic E-state index is -1.50. The maximum Gasteiger partial charge on any atom is 0.291 e. The van der Waals surface area contributed by atoms with Crippen LogP contribution < -0.4 is 0 Å². The summed E-state index contributed by atoms with van der Waals surface area (Å²) in [6, 6.07) is 0. The monoisotopic (exact) mass is 233 g/mol. The Morgan fingerprint density at radius 2 is 0.929 bits per heavy atom. The van der Waals surface area contributed by atoms with Gasteiger partial charge in [-0.1, -0.05) is 0 Å².